The number of rotatable bonds is 7. The highest BCUT2D eigenvalue weighted by molar-refractivity contribution is 5.92. The Balaban J connectivity index is 1.70. The Labute approximate surface area is 135 Å². The third kappa shape index (κ3) is 5.96. The van der Waals surface area contributed by atoms with E-state index in [0.29, 0.717) is 12.3 Å². The van der Waals surface area contributed by atoms with Crippen molar-refractivity contribution in [2.24, 2.45) is 0 Å². The van der Waals surface area contributed by atoms with Gasteiger partial charge in [0, 0.05) is 5.69 Å². The topological polar surface area (TPSA) is 74.6 Å². The van der Waals surface area contributed by atoms with E-state index in [-0.39, 0.29) is 24.9 Å². The van der Waals surface area contributed by atoms with Crippen LogP contribution in [0.3, 0.4) is 0 Å². The minimum absolute atomic E-state index is 0.141. The Morgan fingerprint density at radius 1 is 1.09 bits per heavy atom. The highest BCUT2D eigenvalue weighted by atomic mass is 16.3. The van der Waals surface area contributed by atoms with Crippen molar-refractivity contribution in [1.82, 2.24) is 10.2 Å². The van der Waals surface area contributed by atoms with Gasteiger partial charge in [0.1, 0.15) is 5.76 Å². The van der Waals surface area contributed by atoms with Crippen molar-refractivity contribution < 1.29 is 14.0 Å². The zero-order chi connectivity index (χ0) is 16.7. The van der Waals surface area contributed by atoms with E-state index in [2.05, 4.69) is 10.6 Å². The van der Waals surface area contributed by atoms with E-state index in [9.17, 15) is 9.59 Å². The van der Waals surface area contributed by atoms with Gasteiger partial charge in [0.05, 0.1) is 25.9 Å². The van der Waals surface area contributed by atoms with Crippen LogP contribution in [0.2, 0.25) is 0 Å². The maximum absolute atomic E-state index is 11.9. The van der Waals surface area contributed by atoms with Crippen LogP contribution >= 0.6 is 0 Å². The van der Waals surface area contributed by atoms with Gasteiger partial charge in [-0.25, -0.2) is 0 Å². The van der Waals surface area contributed by atoms with Gasteiger partial charge in [-0.05, 0) is 38.2 Å². The molecule has 0 aliphatic rings. The van der Waals surface area contributed by atoms with Crippen LogP contribution in [0, 0.1) is 6.92 Å². The predicted octanol–water partition coefficient (Wildman–Crippen LogP) is 1.77. The Morgan fingerprint density at radius 2 is 1.78 bits per heavy atom. The van der Waals surface area contributed by atoms with Crippen molar-refractivity contribution in [3.8, 4) is 0 Å². The van der Waals surface area contributed by atoms with Gasteiger partial charge in [-0.3, -0.25) is 14.5 Å². The van der Waals surface area contributed by atoms with E-state index in [0.717, 1.165) is 11.3 Å². The van der Waals surface area contributed by atoms with E-state index in [1.807, 2.05) is 31.2 Å². The minimum Gasteiger partial charge on any atom is -0.467 e. The maximum atomic E-state index is 11.9. The fraction of sp³-hybridized carbons (Fsp3) is 0.294. The van der Waals surface area contributed by atoms with E-state index in [1.165, 1.54) is 0 Å². The largest absolute Gasteiger partial charge is 0.467 e. The molecule has 2 amide bonds. The monoisotopic (exact) mass is 315 g/mol. The molecule has 0 fully saturated rings. The first-order chi connectivity index (χ1) is 11.0. The Kier molecular flexibility index (Phi) is 5.94. The molecule has 0 aliphatic carbocycles. The molecule has 6 nitrogen and oxygen atoms in total. The number of benzene rings is 1. The molecule has 1 aromatic carbocycles. The smallest absolute Gasteiger partial charge is 0.238 e. The predicted molar refractivity (Wildman–Crippen MR) is 87.9 cm³/mol. The molecule has 0 atom stereocenters. The number of hydrogen-bond acceptors (Lipinski definition) is 4. The summed E-state index contributed by atoms with van der Waals surface area (Å²) in [5.74, 6) is 0.375. The molecule has 0 spiro atoms. The number of hydrogen-bond donors (Lipinski definition) is 2. The third-order valence-electron chi connectivity index (χ3n) is 3.20. The van der Waals surface area contributed by atoms with Crippen LogP contribution in [0.1, 0.15) is 11.3 Å². The second-order valence-corrected chi connectivity index (χ2v) is 5.44. The summed E-state index contributed by atoms with van der Waals surface area (Å²) in [6.45, 7) is 2.61. The van der Waals surface area contributed by atoms with Crippen LogP contribution in [-0.2, 0) is 16.1 Å². The second-order valence-electron chi connectivity index (χ2n) is 5.44. The summed E-state index contributed by atoms with van der Waals surface area (Å²) in [5, 5.41) is 5.54. The lowest BCUT2D eigenvalue weighted by atomic mass is 10.2. The second kappa shape index (κ2) is 8.14. The molecule has 0 saturated heterocycles. The summed E-state index contributed by atoms with van der Waals surface area (Å²) in [7, 11) is 1.72. The van der Waals surface area contributed by atoms with Crippen molar-refractivity contribution >= 4 is 17.5 Å². The Hall–Kier alpha value is -2.60. The van der Waals surface area contributed by atoms with Gasteiger partial charge in [0.25, 0.3) is 0 Å². The molecule has 0 saturated carbocycles. The summed E-state index contributed by atoms with van der Waals surface area (Å²) in [5.41, 5.74) is 1.88. The number of nitrogens with zero attached hydrogens (tertiary/aromatic N) is 1. The fourth-order valence-corrected chi connectivity index (χ4v) is 2.04. The molecular formula is C17H21N3O3. The van der Waals surface area contributed by atoms with Crippen LogP contribution in [-0.4, -0.2) is 36.9 Å². The van der Waals surface area contributed by atoms with Crippen LogP contribution in [0.5, 0.6) is 0 Å². The Morgan fingerprint density at radius 3 is 2.43 bits per heavy atom. The van der Waals surface area contributed by atoms with Crippen molar-refractivity contribution in [3.63, 3.8) is 0 Å². The SMILES string of the molecule is Cc1ccc(NC(=O)CN(C)CC(=O)NCc2ccco2)cc1. The summed E-state index contributed by atoms with van der Waals surface area (Å²) < 4.78 is 5.14. The number of furan rings is 1. The van der Waals surface area contributed by atoms with Crippen LogP contribution in [0.15, 0.2) is 47.1 Å². The summed E-state index contributed by atoms with van der Waals surface area (Å²) in [6, 6.07) is 11.1. The molecule has 122 valence electrons. The zero-order valence-corrected chi connectivity index (χ0v) is 13.3. The molecular weight excluding hydrogens is 294 g/mol. The fourth-order valence-electron chi connectivity index (χ4n) is 2.04. The van der Waals surface area contributed by atoms with Gasteiger partial charge >= 0.3 is 0 Å². The average molecular weight is 315 g/mol. The van der Waals surface area contributed by atoms with Crippen LogP contribution < -0.4 is 10.6 Å². The van der Waals surface area contributed by atoms with E-state index in [4.69, 9.17) is 4.42 Å². The molecule has 23 heavy (non-hydrogen) atoms. The van der Waals surface area contributed by atoms with Gasteiger partial charge in [0.15, 0.2) is 0 Å². The first-order valence-electron chi connectivity index (χ1n) is 7.37. The molecule has 2 aromatic rings. The standard InChI is InChI=1S/C17H21N3O3/c1-13-5-7-14(8-6-13)19-17(22)12-20(2)11-16(21)18-10-15-4-3-9-23-15/h3-9H,10-12H2,1-2H3,(H,18,21)(H,19,22). The first kappa shape index (κ1) is 16.8. The molecule has 2 N–H and O–H groups in total. The van der Waals surface area contributed by atoms with E-state index >= 15 is 0 Å². The van der Waals surface area contributed by atoms with Crippen molar-refractivity contribution in [2.75, 3.05) is 25.5 Å². The molecule has 1 heterocycles. The first-order valence-corrected chi connectivity index (χ1v) is 7.37. The number of anilines is 1. The van der Waals surface area contributed by atoms with E-state index < -0.39 is 0 Å². The minimum atomic E-state index is -0.160. The molecule has 0 radical (unpaired) electrons. The summed E-state index contributed by atoms with van der Waals surface area (Å²) in [4.78, 5) is 25.4. The number of likely N-dealkylation sites (N-methyl/N-ethyl adjacent to an activating group) is 1. The summed E-state index contributed by atoms with van der Waals surface area (Å²) >= 11 is 0. The van der Waals surface area contributed by atoms with Gasteiger partial charge in [-0.2, -0.15) is 0 Å². The van der Waals surface area contributed by atoms with Gasteiger partial charge in [-0.1, -0.05) is 17.7 Å². The maximum Gasteiger partial charge on any atom is 0.238 e. The highest BCUT2D eigenvalue weighted by Crippen LogP contribution is 2.08. The third-order valence-corrected chi connectivity index (χ3v) is 3.20. The number of carbonyl (C=O) groups is 2. The lowest BCUT2D eigenvalue weighted by Crippen LogP contribution is -2.38. The van der Waals surface area contributed by atoms with Crippen molar-refractivity contribution in [3.05, 3.63) is 54.0 Å². The van der Waals surface area contributed by atoms with Gasteiger partial charge in [0.2, 0.25) is 11.8 Å². The van der Waals surface area contributed by atoms with Gasteiger partial charge < -0.3 is 15.1 Å². The molecule has 6 heteroatoms. The number of carbonyl (C=O) groups excluding carboxylic acids is 2. The number of aryl methyl sites for hydroxylation is 1. The highest BCUT2D eigenvalue weighted by Gasteiger charge is 2.11. The van der Waals surface area contributed by atoms with Gasteiger partial charge in [-0.15, -0.1) is 0 Å². The molecule has 2 rings (SSSR count). The average Bonchev–Trinajstić information content (AvgIpc) is 3.00. The number of amides is 2. The summed E-state index contributed by atoms with van der Waals surface area (Å²) in [6.07, 6.45) is 1.56. The molecule has 0 bridgehead atoms. The number of nitrogens with one attached hydrogen (secondary N) is 2. The molecule has 1 aromatic heterocycles. The van der Waals surface area contributed by atoms with Crippen LogP contribution in [0.4, 0.5) is 5.69 Å². The quantitative estimate of drug-likeness (QED) is 0.817. The lowest BCUT2D eigenvalue weighted by Gasteiger charge is -2.15. The normalized spacial score (nSPS) is 10.6. The van der Waals surface area contributed by atoms with Crippen LogP contribution in [0.25, 0.3) is 0 Å². The molecule has 0 unspecified atom stereocenters. The van der Waals surface area contributed by atoms with E-state index in [1.54, 1.807) is 30.3 Å². The molecule has 0 aliphatic heterocycles. The Bertz CT molecular complexity index is 636. The van der Waals surface area contributed by atoms with Crippen molar-refractivity contribution in [2.45, 2.75) is 13.5 Å². The van der Waals surface area contributed by atoms with Crippen molar-refractivity contribution in [1.29, 1.82) is 0 Å². The zero-order valence-electron chi connectivity index (χ0n) is 13.3. The lowest BCUT2D eigenvalue weighted by molar-refractivity contribution is -0.123.